The maximum Gasteiger partial charge on any atom is 0.377 e. The summed E-state index contributed by atoms with van der Waals surface area (Å²) in [6.07, 6.45) is -6.41. The molecule has 44 heavy (non-hydrogen) atoms. The first-order valence-corrected chi connectivity index (χ1v) is 11.9. The minimum Gasteiger partial charge on any atom is -0.409 e. The second kappa shape index (κ2) is 10.3. The van der Waals surface area contributed by atoms with Crippen molar-refractivity contribution in [1.29, 1.82) is 0 Å². The highest BCUT2D eigenvalue weighted by atomic mass is 19.2. The molecule has 0 N–H and O–H groups in total. The van der Waals surface area contributed by atoms with Crippen LogP contribution >= 0.6 is 0 Å². The van der Waals surface area contributed by atoms with Crippen molar-refractivity contribution in [3.05, 3.63) is 117 Å². The van der Waals surface area contributed by atoms with Crippen LogP contribution in [0.5, 0.6) is 0 Å². The van der Waals surface area contributed by atoms with Crippen LogP contribution in [0, 0.1) is 87.3 Å². The van der Waals surface area contributed by atoms with E-state index in [0.29, 0.717) is 0 Å². The minimum absolute atomic E-state index is 0.0458. The third kappa shape index (κ3) is 3.83. The van der Waals surface area contributed by atoms with Crippen molar-refractivity contribution in [3.8, 4) is 0 Å². The highest BCUT2D eigenvalue weighted by Gasteiger charge is 2.59. The Morgan fingerprint density at radius 2 is 0.705 bits per heavy atom. The SMILES string of the molecule is CC1=[N+]([B-](c2c(F)c(F)c(F)c(F)c2F)(c2c(F)c(F)c(F)c(F)c2F)c2c(F)c(F)c(F)c(F)c2F)c2ccccc2C1. The third-order valence-electron chi connectivity index (χ3n) is 7.48. The molecule has 1 heterocycles. The Hall–Kier alpha value is -4.44. The summed E-state index contributed by atoms with van der Waals surface area (Å²) < 4.78 is 226. The molecule has 0 atom stereocenters. The van der Waals surface area contributed by atoms with E-state index < -0.39 is 128 Å². The maximum absolute atomic E-state index is 15.8. The van der Waals surface area contributed by atoms with Crippen molar-refractivity contribution < 1.29 is 70.3 Å². The fraction of sp³-hybridized carbons (Fsp3) is 0.0741. The summed E-state index contributed by atoms with van der Waals surface area (Å²) in [4.78, 5) is 0. The van der Waals surface area contributed by atoms with Crippen LogP contribution < -0.4 is 16.4 Å². The molecule has 0 fully saturated rings. The molecule has 1 aliphatic rings. The first kappa shape index (κ1) is 31.0. The maximum atomic E-state index is 15.8. The highest BCUT2D eigenvalue weighted by Crippen LogP contribution is 2.35. The number of nitrogens with zero attached hydrogens (tertiary/aromatic N) is 1. The molecule has 0 unspecified atom stereocenters. The van der Waals surface area contributed by atoms with Gasteiger partial charge in [0.1, 0.15) is 40.6 Å². The largest absolute Gasteiger partial charge is 0.409 e. The predicted octanol–water partition coefficient (Wildman–Crippen LogP) is 6.10. The van der Waals surface area contributed by atoms with Crippen LogP contribution in [0.4, 0.5) is 71.5 Å². The fourth-order valence-corrected chi connectivity index (χ4v) is 5.79. The second-order valence-corrected chi connectivity index (χ2v) is 9.68. The molecular weight excluding hydrogens is 634 g/mol. The predicted molar refractivity (Wildman–Crippen MR) is 124 cm³/mol. The van der Waals surface area contributed by atoms with Gasteiger partial charge in [0.05, 0.1) is 6.42 Å². The van der Waals surface area contributed by atoms with Gasteiger partial charge in [0.25, 0.3) is 0 Å². The van der Waals surface area contributed by atoms with Gasteiger partial charge in [-0.2, -0.15) is 0 Å². The van der Waals surface area contributed by atoms with Crippen molar-refractivity contribution in [3.63, 3.8) is 0 Å². The smallest absolute Gasteiger partial charge is 0.377 e. The molecule has 4 aromatic carbocycles. The van der Waals surface area contributed by atoms with E-state index in [2.05, 4.69) is 0 Å². The molecule has 0 radical (unpaired) electrons. The van der Waals surface area contributed by atoms with Gasteiger partial charge in [0.15, 0.2) is 58.0 Å². The number of hydrogen-bond donors (Lipinski definition) is 0. The van der Waals surface area contributed by atoms with Crippen LogP contribution in [0.2, 0.25) is 0 Å². The molecule has 0 saturated heterocycles. The topological polar surface area (TPSA) is 3.01 Å². The van der Waals surface area contributed by atoms with Crippen LogP contribution in [0.1, 0.15) is 12.5 Å². The van der Waals surface area contributed by atoms with Crippen molar-refractivity contribution in [1.82, 2.24) is 0 Å². The van der Waals surface area contributed by atoms with Crippen molar-refractivity contribution >= 4 is 34.1 Å². The quantitative estimate of drug-likeness (QED) is 0.110. The summed E-state index contributed by atoms with van der Waals surface area (Å²) in [5.74, 6) is -45.5. The lowest BCUT2D eigenvalue weighted by Crippen LogP contribution is -2.78. The van der Waals surface area contributed by atoms with Crippen LogP contribution in [0.3, 0.4) is 0 Å². The monoisotopic (exact) mass is 643 g/mol. The Labute approximate surface area is 235 Å². The van der Waals surface area contributed by atoms with Crippen molar-refractivity contribution in [2.24, 2.45) is 0 Å². The van der Waals surface area contributed by atoms with Gasteiger partial charge in [-0.3, -0.25) is 0 Å². The highest BCUT2D eigenvalue weighted by molar-refractivity contribution is 7.06. The van der Waals surface area contributed by atoms with E-state index in [1.165, 1.54) is 6.07 Å². The van der Waals surface area contributed by atoms with Gasteiger partial charge in [-0.05, 0) is 16.4 Å². The number of para-hydroxylation sites is 1. The van der Waals surface area contributed by atoms with E-state index in [-0.39, 0.29) is 10.0 Å². The van der Waals surface area contributed by atoms with E-state index in [9.17, 15) is 39.5 Å². The summed E-state index contributed by atoms with van der Waals surface area (Å²) in [6.45, 7) is 0.876. The third-order valence-corrected chi connectivity index (χ3v) is 7.48. The number of hydrogen-bond acceptors (Lipinski definition) is 0. The van der Waals surface area contributed by atoms with Crippen LogP contribution in [0.15, 0.2) is 24.3 Å². The number of rotatable bonds is 4. The average Bonchev–Trinajstić information content (AvgIpc) is 3.34. The minimum atomic E-state index is -5.87. The normalized spacial score (nSPS) is 13.3. The fourth-order valence-electron chi connectivity index (χ4n) is 5.79. The zero-order valence-corrected chi connectivity index (χ0v) is 21.2. The molecule has 0 bridgehead atoms. The summed E-state index contributed by atoms with van der Waals surface area (Å²) in [5.41, 5.74) is -9.35. The van der Waals surface area contributed by atoms with Gasteiger partial charge in [-0.1, -0.05) is 18.2 Å². The Bertz CT molecular complexity index is 1720. The molecule has 0 spiro atoms. The van der Waals surface area contributed by atoms with Crippen LogP contribution in [0.25, 0.3) is 0 Å². The zero-order valence-electron chi connectivity index (χ0n) is 21.2. The Kier molecular flexibility index (Phi) is 7.28. The van der Waals surface area contributed by atoms with Gasteiger partial charge in [0, 0.05) is 18.6 Å². The standard InChI is InChI=1S/C27H9BF15N/c1-7-6-8-4-2-3-5-9(8)44(7)28(10-13(29)19(35)25(41)20(36)14(10)30,11-15(31)21(37)26(42)22(38)16(11)32)12-17(33)23(39)27(43)24(40)18(12)34/h2-5H,6H2,1H3. The van der Waals surface area contributed by atoms with E-state index in [1.54, 1.807) is 0 Å². The number of halogens is 15. The number of fused-ring (bicyclic) bond motifs is 1. The van der Waals surface area contributed by atoms with Gasteiger partial charge < -0.3 is 4.49 Å². The Morgan fingerprint density at radius 3 is 1.02 bits per heavy atom. The van der Waals surface area contributed by atoms with Crippen LogP contribution in [-0.2, 0) is 6.42 Å². The molecule has 0 saturated carbocycles. The van der Waals surface area contributed by atoms with E-state index >= 15 is 26.3 Å². The van der Waals surface area contributed by atoms with Gasteiger partial charge >= 0.3 is 6.28 Å². The molecular formula is C27H9BF15N. The average molecular weight is 643 g/mol. The Morgan fingerprint density at radius 1 is 0.432 bits per heavy atom. The molecule has 230 valence electrons. The summed E-state index contributed by atoms with van der Waals surface area (Å²) in [7, 11) is 0. The molecule has 4 aromatic rings. The van der Waals surface area contributed by atoms with Crippen molar-refractivity contribution in [2.75, 3.05) is 0 Å². The molecule has 17 heteroatoms. The van der Waals surface area contributed by atoms with Crippen molar-refractivity contribution in [2.45, 2.75) is 13.3 Å². The Balaban J connectivity index is 2.28. The lowest BCUT2D eigenvalue weighted by molar-refractivity contribution is -0.286. The first-order valence-electron chi connectivity index (χ1n) is 11.9. The molecule has 0 amide bonds. The molecule has 1 nitrogen and oxygen atoms in total. The summed E-state index contributed by atoms with van der Waals surface area (Å²) in [6, 6.07) is 4.35. The second-order valence-electron chi connectivity index (χ2n) is 9.68. The van der Waals surface area contributed by atoms with Crippen LogP contribution in [-0.4, -0.2) is 16.5 Å². The lowest BCUT2D eigenvalue weighted by atomic mass is 9.22. The van der Waals surface area contributed by atoms with Gasteiger partial charge in [-0.15, -0.1) is 0 Å². The van der Waals surface area contributed by atoms with E-state index in [0.717, 1.165) is 25.1 Å². The first-order chi connectivity index (χ1) is 20.5. The molecule has 0 aromatic heterocycles. The zero-order chi connectivity index (χ0) is 32.7. The van der Waals surface area contributed by atoms with E-state index in [4.69, 9.17) is 0 Å². The van der Waals surface area contributed by atoms with Gasteiger partial charge in [0.2, 0.25) is 0 Å². The lowest BCUT2D eigenvalue weighted by Gasteiger charge is -2.40. The molecule has 1 aliphatic heterocycles. The summed E-state index contributed by atoms with van der Waals surface area (Å²) in [5, 5.41) is 0. The molecule has 0 aliphatic carbocycles. The number of benzene rings is 4. The summed E-state index contributed by atoms with van der Waals surface area (Å²) >= 11 is 0. The van der Waals surface area contributed by atoms with E-state index in [1.807, 2.05) is 0 Å². The molecule has 5 rings (SSSR count). The van der Waals surface area contributed by atoms with Gasteiger partial charge in [-0.25, -0.2) is 65.9 Å².